The van der Waals surface area contributed by atoms with E-state index < -0.39 is 12.0 Å². The molecule has 0 aromatic carbocycles. The third-order valence-corrected chi connectivity index (χ3v) is 5.37. The van der Waals surface area contributed by atoms with Crippen LogP contribution in [0.25, 0.3) is 0 Å². The Hall–Kier alpha value is -0.360. The number of hydrogen-bond donors (Lipinski definition) is 1. The molecule has 0 aliphatic carbocycles. The second-order valence-electron chi connectivity index (χ2n) is 3.60. The molecular formula is C8H11NO3S2. The molecule has 78 valence electrons. The van der Waals surface area contributed by atoms with Gasteiger partial charge in [-0.05, 0) is 6.92 Å². The largest absolute Gasteiger partial charge is 0.480 e. The van der Waals surface area contributed by atoms with Crippen LogP contribution in [0.2, 0.25) is 0 Å². The highest BCUT2D eigenvalue weighted by molar-refractivity contribution is 8.04. The smallest absolute Gasteiger partial charge is 0.327 e. The molecule has 1 amide bonds. The van der Waals surface area contributed by atoms with Crippen LogP contribution in [0.4, 0.5) is 0 Å². The van der Waals surface area contributed by atoms with Gasteiger partial charge >= 0.3 is 5.97 Å². The summed E-state index contributed by atoms with van der Waals surface area (Å²) in [6, 6.07) is -0.626. The number of fused-ring (bicyclic) bond motifs is 1. The Bertz CT molecular complexity index is 296. The molecule has 0 radical (unpaired) electrons. The van der Waals surface area contributed by atoms with Crippen LogP contribution < -0.4 is 0 Å². The van der Waals surface area contributed by atoms with E-state index >= 15 is 0 Å². The van der Waals surface area contributed by atoms with Crippen molar-refractivity contribution < 1.29 is 14.7 Å². The van der Waals surface area contributed by atoms with Gasteiger partial charge in [0.1, 0.15) is 6.04 Å². The summed E-state index contributed by atoms with van der Waals surface area (Å²) >= 11 is 3.16. The molecule has 0 spiro atoms. The molecule has 14 heavy (non-hydrogen) atoms. The van der Waals surface area contributed by atoms with Gasteiger partial charge < -0.3 is 10.0 Å². The first-order valence-electron chi connectivity index (χ1n) is 4.31. The molecular weight excluding hydrogens is 222 g/mol. The molecule has 0 aromatic heterocycles. The van der Waals surface area contributed by atoms with E-state index in [0.717, 1.165) is 5.75 Å². The average molecular weight is 233 g/mol. The highest BCUT2D eigenvalue weighted by Crippen LogP contribution is 2.44. The van der Waals surface area contributed by atoms with Crippen LogP contribution >= 0.6 is 23.5 Å². The topological polar surface area (TPSA) is 57.6 Å². The summed E-state index contributed by atoms with van der Waals surface area (Å²) in [5, 5.41) is 8.97. The lowest BCUT2D eigenvalue weighted by molar-refractivity contribution is -0.149. The zero-order valence-corrected chi connectivity index (χ0v) is 9.36. The van der Waals surface area contributed by atoms with Gasteiger partial charge in [0.05, 0.1) is 10.6 Å². The van der Waals surface area contributed by atoms with Gasteiger partial charge in [-0.15, -0.1) is 23.5 Å². The van der Waals surface area contributed by atoms with Crippen molar-refractivity contribution in [2.75, 3.05) is 17.3 Å². The summed E-state index contributed by atoms with van der Waals surface area (Å²) in [6.07, 6.45) is 0. The number of carboxylic acid groups (broad SMARTS) is 1. The molecule has 2 atom stereocenters. The number of amides is 1. The van der Waals surface area contributed by atoms with Crippen molar-refractivity contribution in [3.8, 4) is 0 Å². The zero-order valence-electron chi connectivity index (χ0n) is 7.73. The predicted octanol–water partition coefficient (Wildman–Crippen LogP) is 0.478. The van der Waals surface area contributed by atoms with Gasteiger partial charge in [0.2, 0.25) is 5.91 Å². The van der Waals surface area contributed by atoms with Crippen LogP contribution in [0.1, 0.15) is 6.92 Å². The van der Waals surface area contributed by atoms with Crippen molar-refractivity contribution in [2.45, 2.75) is 17.8 Å². The summed E-state index contributed by atoms with van der Waals surface area (Å²) in [4.78, 5) is 23.8. The number of carbonyl (C=O) groups is 2. The monoisotopic (exact) mass is 233 g/mol. The molecule has 6 heteroatoms. The Kier molecular flexibility index (Phi) is 2.43. The second kappa shape index (κ2) is 3.34. The minimum Gasteiger partial charge on any atom is -0.480 e. The van der Waals surface area contributed by atoms with E-state index in [1.165, 1.54) is 0 Å². The molecule has 1 N–H and O–H groups in total. The number of rotatable bonds is 1. The zero-order chi connectivity index (χ0) is 10.3. The normalized spacial score (nSPS) is 37.1. The van der Waals surface area contributed by atoms with Crippen molar-refractivity contribution in [3.05, 3.63) is 0 Å². The van der Waals surface area contributed by atoms with Crippen molar-refractivity contribution >= 4 is 35.4 Å². The number of hydrogen-bond acceptors (Lipinski definition) is 4. The summed E-state index contributed by atoms with van der Waals surface area (Å²) in [5.41, 5.74) is 0. The highest BCUT2D eigenvalue weighted by Gasteiger charge is 2.51. The molecule has 0 saturated carbocycles. The third kappa shape index (κ3) is 1.40. The lowest BCUT2D eigenvalue weighted by Crippen LogP contribution is -2.55. The van der Waals surface area contributed by atoms with E-state index in [0.29, 0.717) is 11.5 Å². The standard InChI is InChI=1S/C8H11NO3S2/c1-8-4-13-3-6(10)9(8)5(2-14-8)7(11)12/h5H,2-4H2,1H3,(H,11,12). The summed E-state index contributed by atoms with van der Waals surface area (Å²) in [5.74, 6) is 0.827. The van der Waals surface area contributed by atoms with E-state index in [4.69, 9.17) is 5.11 Å². The number of aliphatic carboxylic acids is 1. The van der Waals surface area contributed by atoms with Crippen LogP contribution in [0.15, 0.2) is 0 Å². The molecule has 0 bridgehead atoms. The summed E-state index contributed by atoms with van der Waals surface area (Å²) in [6.45, 7) is 1.95. The van der Waals surface area contributed by atoms with Crippen molar-refractivity contribution in [1.29, 1.82) is 0 Å². The van der Waals surface area contributed by atoms with Gasteiger partial charge in [-0.25, -0.2) is 4.79 Å². The first kappa shape index (κ1) is 10.2. The Morgan fingerprint density at radius 3 is 3.07 bits per heavy atom. The Morgan fingerprint density at radius 1 is 1.71 bits per heavy atom. The summed E-state index contributed by atoms with van der Waals surface area (Å²) < 4.78 is 0. The van der Waals surface area contributed by atoms with Gasteiger partial charge in [-0.2, -0.15) is 0 Å². The SMILES string of the molecule is CC12CSCC(=O)N1C(C(=O)O)CS2. The van der Waals surface area contributed by atoms with Gasteiger partial charge in [0, 0.05) is 11.5 Å². The molecule has 2 aliphatic rings. The Morgan fingerprint density at radius 2 is 2.43 bits per heavy atom. The average Bonchev–Trinajstić information content (AvgIpc) is 2.43. The molecule has 2 heterocycles. The van der Waals surface area contributed by atoms with Crippen molar-refractivity contribution in [3.63, 3.8) is 0 Å². The van der Waals surface area contributed by atoms with Gasteiger partial charge in [-0.3, -0.25) is 4.79 Å². The quantitative estimate of drug-likeness (QED) is 0.714. The van der Waals surface area contributed by atoms with Crippen molar-refractivity contribution in [1.82, 2.24) is 4.90 Å². The first-order chi connectivity index (χ1) is 6.54. The minimum absolute atomic E-state index is 0.0406. The maximum absolute atomic E-state index is 11.6. The van der Waals surface area contributed by atoms with Crippen LogP contribution in [0.5, 0.6) is 0 Å². The van der Waals surface area contributed by atoms with Gasteiger partial charge in [-0.1, -0.05) is 0 Å². The lowest BCUT2D eigenvalue weighted by Gasteiger charge is -2.39. The fourth-order valence-electron chi connectivity index (χ4n) is 1.86. The molecule has 2 aliphatic heterocycles. The molecule has 2 saturated heterocycles. The summed E-state index contributed by atoms with van der Waals surface area (Å²) in [7, 11) is 0. The molecule has 0 aromatic rings. The minimum atomic E-state index is -0.888. The number of thioether (sulfide) groups is 2. The fraction of sp³-hybridized carbons (Fsp3) is 0.750. The lowest BCUT2D eigenvalue weighted by atomic mass is 10.2. The molecule has 4 nitrogen and oxygen atoms in total. The van der Waals surface area contributed by atoms with Crippen molar-refractivity contribution in [2.24, 2.45) is 0 Å². The van der Waals surface area contributed by atoms with E-state index in [1.807, 2.05) is 6.92 Å². The Labute approximate surface area is 90.4 Å². The van der Waals surface area contributed by atoms with Gasteiger partial charge in [0.25, 0.3) is 0 Å². The molecule has 2 fully saturated rings. The molecule has 2 unspecified atom stereocenters. The number of nitrogens with zero attached hydrogens (tertiary/aromatic N) is 1. The van der Waals surface area contributed by atoms with Crippen LogP contribution in [-0.2, 0) is 9.59 Å². The maximum atomic E-state index is 11.6. The van der Waals surface area contributed by atoms with E-state index in [-0.39, 0.29) is 10.8 Å². The Balaban J connectivity index is 2.29. The number of carboxylic acids is 1. The van der Waals surface area contributed by atoms with Crippen LogP contribution in [0, 0.1) is 0 Å². The highest BCUT2D eigenvalue weighted by atomic mass is 32.2. The third-order valence-electron chi connectivity index (χ3n) is 2.52. The van der Waals surface area contributed by atoms with E-state index in [2.05, 4.69) is 0 Å². The number of carbonyl (C=O) groups excluding carboxylic acids is 1. The van der Waals surface area contributed by atoms with Gasteiger partial charge in [0.15, 0.2) is 0 Å². The van der Waals surface area contributed by atoms with Crippen LogP contribution in [-0.4, -0.2) is 50.1 Å². The maximum Gasteiger partial charge on any atom is 0.327 e. The second-order valence-corrected chi connectivity index (χ2v) is 6.08. The fourth-order valence-corrected chi connectivity index (χ4v) is 4.55. The van der Waals surface area contributed by atoms with Crippen LogP contribution in [0.3, 0.4) is 0 Å². The predicted molar refractivity (Wildman–Crippen MR) is 56.5 cm³/mol. The van der Waals surface area contributed by atoms with E-state index in [1.54, 1.807) is 28.4 Å². The van der Waals surface area contributed by atoms with E-state index in [9.17, 15) is 9.59 Å². The first-order valence-corrected chi connectivity index (χ1v) is 6.45. The molecule has 2 rings (SSSR count).